The molecule has 52 valence electrons. The second-order valence-corrected chi connectivity index (χ2v) is 2.56. The van der Waals surface area contributed by atoms with Crippen molar-refractivity contribution in [3.63, 3.8) is 0 Å². The minimum atomic E-state index is 0.294. The van der Waals surface area contributed by atoms with Crippen molar-refractivity contribution >= 4 is 0 Å². The van der Waals surface area contributed by atoms with Gasteiger partial charge in [0.15, 0.2) is 0 Å². The lowest BCUT2D eigenvalue weighted by atomic mass is 10.3. The normalized spacial score (nSPS) is 43.7. The van der Waals surface area contributed by atoms with Crippen LogP contribution in [-0.2, 0) is 9.47 Å². The Balaban J connectivity index is 2.02. The highest BCUT2D eigenvalue weighted by molar-refractivity contribution is 4.87. The first-order valence-corrected chi connectivity index (χ1v) is 3.15. The fraction of sp³-hybridized carbons (Fsp3) is 0.833. The fourth-order valence-corrected chi connectivity index (χ4v) is 1.35. The van der Waals surface area contributed by atoms with Gasteiger partial charge in [-0.25, -0.2) is 0 Å². The molecular weight excluding hydrogens is 118 g/mol. The molecule has 3 nitrogen and oxygen atoms in total. The molecule has 2 rings (SSSR count). The van der Waals surface area contributed by atoms with Crippen molar-refractivity contribution in [3.8, 4) is 0 Å². The molecule has 0 saturated carbocycles. The van der Waals surface area contributed by atoms with Crippen molar-refractivity contribution in [2.45, 2.75) is 12.2 Å². The lowest BCUT2D eigenvalue weighted by Crippen LogP contribution is -2.18. The molecule has 2 fully saturated rings. The van der Waals surface area contributed by atoms with E-state index < -0.39 is 0 Å². The average Bonchev–Trinajstić information content (AvgIpc) is 2.22. The van der Waals surface area contributed by atoms with E-state index in [9.17, 15) is 0 Å². The van der Waals surface area contributed by atoms with Gasteiger partial charge in [0.25, 0.3) is 0 Å². The first kappa shape index (κ1) is 5.65. The van der Waals surface area contributed by atoms with Crippen molar-refractivity contribution in [1.29, 1.82) is 0 Å². The first-order chi connectivity index (χ1) is 4.36. The zero-order chi connectivity index (χ0) is 6.27. The Labute approximate surface area is 54.5 Å². The maximum atomic E-state index is 5.24. The van der Waals surface area contributed by atoms with E-state index in [1.54, 1.807) is 0 Å². The van der Waals surface area contributed by atoms with E-state index in [0.29, 0.717) is 19.0 Å². The van der Waals surface area contributed by atoms with Crippen LogP contribution in [0, 0.1) is 7.05 Å². The quantitative estimate of drug-likeness (QED) is 0.423. The highest BCUT2D eigenvalue weighted by Gasteiger charge is 2.34. The van der Waals surface area contributed by atoms with Crippen LogP contribution in [0.15, 0.2) is 0 Å². The highest BCUT2D eigenvalue weighted by atomic mass is 16.7. The number of ether oxygens (including phenoxy) is 2. The van der Waals surface area contributed by atoms with Crippen molar-refractivity contribution in [2.75, 3.05) is 19.9 Å². The maximum absolute atomic E-state index is 5.24. The molecule has 9 heavy (non-hydrogen) atoms. The smallest absolute Gasteiger partial charge is 0.147 e. The van der Waals surface area contributed by atoms with Crippen LogP contribution in [0.5, 0.6) is 0 Å². The summed E-state index contributed by atoms with van der Waals surface area (Å²) >= 11 is 0. The van der Waals surface area contributed by atoms with E-state index in [1.807, 2.05) is 4.90 Å². The SMILES string of the molecule is [CH2-]N1C[C@@H]2OCO[C@@H]2C1. The van der Waals surface area contributed by atoms with E-state index in [-0.39, 0.29) is 0 Å². The van der Waals surface area contributed by atoms with Gasteiger partial charge in [0.2, 0.25) is 0 Å². The molecule has 2 saturated heterocycles. The molecule has 0 aromatic carbocycles. The van der Waals surface area contributed by atoms with Gasteiger partial charge in [0.05, 0.1) is 12.2 Å². The molecule has 0 aliphatic carbocycles. The molecule has 0 radical (unpaired) electrons. The second kappa shape index (κ2) is 1.94. The Morgan fingerprint density at radius 3 is 2.33 bits per heavy atom. The van der Waals surface area contributed by atoms with Gasteiger partial charge in [0.1, 0.15) is 6.79 Å². The standard InChI is InChI=1S/C6H10NO2/c1-7-2-5-6(3-7)9-4-8-5/h5-6H,1-4H2/q-1/t5-,6+. The second-order valence-electron chi connectivity index (χ2n) is 2.56. The van der Waals surface area contributed by atoms with Gasteiger partial charge in [-0.1, -0.05) is 0 Å². The molecule has 0 aromatic heterocycles. The summed E-state index contributed by atoms with van der Waals surface area (Å²) < 4.78 is 10.5. The summed E-state index contributed by atoms with van der Waals surface area (Å²) in [4.78, 5) is 1.98. The summed E-state index contributed by atoms with van der Waals surface area (Å²) in [6.07, 6.45) is 0.588. The summed E-state index contributed by atoms with van der Waals surface area (Å²) in [5.41, 5.74) is 0. The van der Waals surface area contributed by atoms with Gasteiger partial charge in [0, 0.05) is 0 Å². The number of likely N-dealkylation sites (tertiary alicyclic amines) is 1. The van der Waals surface area contributed by atoms with E-state index in [1.165, 1.54) is 0 Å². The third-order valence-electron chi connectivity index (χ3n) is 1.86. The third-order valence-corrected chi connectivity index (χ3v) is 1.86. The molecule has 0 N–H and O–H groups in total. The first-order valence-electron chi connectivity index (χ1n) is 3.15. The molecule has 2 atom stereocenters. The minimum absolute atomic E-state index is 0.294. The van der Waals surface area contributed by atoms with Gasteiger partial charge in [-0.3, -0.25) is 7.05 Å². The molecule has 2 aliphatic heterocycles. The van der Waals surface area contributed by atoms with E-state index in [0.717, 1.165) is 13.1 Å². The molecule has 2 heterocycles. The molecule has 0 amide bonds. The summed E-state index contributed by atoms with van der Waals surface area (Å²) in [6.45, 7) is 2.32. The number of rotatable bonds is 0. The predicted octanol–water partition coefficient (Wildman–Crippen LogP) is -0.165. The van der Waals surface area contributed by atoms with Crippen LogP contribution in [0.2, 0.25) is 0 Å². The van der Waals surface area contributed by atoms with Gasteiger partial charge in [-0.05, 0) is 13.1 Å². The summed E-state index contributed by atoms with van der Waals surface area (Å²) in [5.74, 6) is 0. The van der Waals surface area contributed by atoms with Gasteiger partial charge >= 0.3 is 0 Å². The Morgan fingerprint density at radius 2 is 1.78 bits per heavy atom. The molecule has 0 unspecified atom stereocenters. The van der Waals surface area contributed by atoms with Crippen molar-refractivity contribution < 1.29 is 9.47 Å². The zero-order valence-electron chi connectivity index (χ0n) is 5.25. The minimum Gasteiger partial charge on any atom is -0.455 e. The molecule has 0 spiro atoms. The van der Waals surface area contributed by atoms with Gasteiger partial charge in [-0.15, -0.1) is 0 Å². The Bertz CT molecular complexity index is 106. The summed E-state index contributed by atoms with van der Waals surface area (Å²) in [6, 6.07) is 0. The Morgan fingerprint density at radius 1 is 1.22 bits per heavy atom. The van der Waals surface area contributed by atoms with Gasteiger partial charge < -0.3 is 14.4 Å². The van der Waals surface area contributed by atoms with Crippen LogP contribution in [0.25, 0.3) is 0 Å². The number of hydrogen-bond acceptors (Lipinski definition) is 3. The fourth-order valence-electron chi connectivity index (χ4n) is 1.35. The van der Waals surface area contributed by atoms with Crippen molar-refractivity contribution in [2.24, 2.45) is 0 Å². The van der Waals surface area contributed by atoms with Gasteiger partial charge in [-0.2, -0.15) is 0 Å². The maximum Gasteiger partial charge on any atom is 0.147 e. The molecule has 2 aliphatic rings. The van der Waals surface area contributed by atoms with E-state index in [4.69, 9.17) is 9.47 Å². The average molecular weight is 128 g/mol. The van der Waals surface area contributed by atoms with Crippen LogP contribution in [0.3, 0.4) is 0 Å². The summed E-state index contributed by atoms with van der Waals surface area (Å²) in [5, 5.41) is 0. The highest BCUT2D eigenvalue weighted by Crippen LogP contribution is 2.20. The monoisotopic (exact) mass is 128 g/mol. The molecule has 0 aromatic rings. The predicted molar refractivity (Wildman–Crippen MR) is 31.5 cm³/mol. The third kappa shape index (κ3) is 0.852. The van der Waals surface area contributed by atoms with Crippen LogP contribution in [-0.4, -0.2) is 37.0 Å². The lowest BCUT2D eigenvalue weighted by molar-refractivity contribution is 0.0208. The van der Waals surface area contributed by atoms with Crippen LogP contribution < -0.4 is 0 Å². The van der Waals surface area contributed by atoms with Crippen LogP contribution in [0.1, 0.15) is 0 Å². The molecular formula is C6H10NO2-. The number of nitrogens with zero attached hydrogens (tertiary/aromatic N) is 1. The molecule has 3 heteroatoms. The summed E-state index contributed by atoms with van der Waals surface area (Å²) in [7, 11) is 3.79. The largest absolute Gasteiger partial charge is 0.455 e. The molecule has 0 bridgehead atoms. The number of hydrogen-bond donors (Lipinski definition) is 0. The number of fused-ring (bicyclic) bond motifs is 1. The van der Waals surface area contributed by atoms with Crippen molar-refractivity contribution in [1.82, 2.24) is 4.90 Å². The van der Waals surface area contributed by atoms with Crippen LogP contribution >= 0.6 is 0 Å². The van der Waals surface area contributed by atoms with Crippen LogP contribution in [0.4, 0.5) is 0 Å². The Kier molecular flexibility index (Phi) is 1.22. The van der Waals surface area contributed by atoms with E-state index in [2.05, 4.69) is 7.05 Å². The van der Waals surface area contributed by atoms with E-state index >= 15 is 0 Å². The topological polar surface area (TPSA) is 21.7 Å². The zero-order valence-corrected chi connectivity index (χ0v) is 5.25. The lowest BCUT2D eigenvalue weighted by Gasteiger charge is -2.16. The Hall–Kier alpha value is -0.120. The van der Waals surface area contributed by atoms with Crippen molar-refractivity contribution in [3.05, 3.63) is 7.05 Å².